The van der Waals surface area contributed by atoms with Crippen molar-refractivity contribution in [2.24, 2.45) is 0 Å². The molecular weight excluding hydrogens is 590 g/mol. The molecule has 0 bridgehead atoms. The van der Waals surface area contributed by atoms with Gasteiger partial charge in [0, 0.05) is 9.90 Å². The van der Waals surface area contributed by atoms with Gasteiger partial charge in [-0.1, -0.05) is 35.5 Å². The molecule has 1 atom stereocenters. The third-order valence-electron chi connectivity index (χ3n) is 6.21. The highest BCUT2D eigenvalue weighted by atomic mass is 35.5. The molecule has 1 aliphatic carbocycles. The van der Waals surface area contributed by atoms with Gasteiger partial charge in [-0.3, -0.25) is 14.2 Å². The number of halogens is 1. The standard InChI is InChI=1S/C27H26ClN5O4S3/c1-3-37-26(36)22-18-9-5-10-19(18)40-25(22)30-23(34)15(2)39-27-32-31-21(14-29-24(35)20-11-6-12-38-20)33(27)17-8-4-7-16(28)13-17/h4,6-8,11-13,15H,3,5,9-10,14H2,1-2H3,(H,29,35)(H,30,34)/t15-/m0/s1. The lowest BCUT2D eigenvalue weighted by Gasteiger charge is -2.14. The minimum absolute atomic E-state index is 0.126. The maximum absolute atomic E-state index is 13.3. The zero-order chi connectivity index (χ0) is 28.2. The van der Waals surface area contributed by atoms with Crippen LogP contribution < -0.4 is 10.6 Å². The minimum atomic E-state index is -0.581. The average Bonchev–Trinajstić information content (AvgIpc) is 3.72. The van der Waals surface area contributed by atoms with Crippen molar-refractivity contribution in [3.63, 3.8) is 0 Å². The number of anilines is 1. The SMILES string of the molecule is CCOC(=O)c1c(NC(=O)[C@H](C)Sc2nnc(CNC(=O)c3cccs3)n2-c2cccc(Cl)c2)sc2c1CCC2. The number of aromatic nitrogens is 3. The number of hydrogen-bond donors (Lipinski definition) is 2. The van der Waals surface area contributed by atoms with Gasteiger partial charge in [-0.05, 0) is 68.3 Å². The Morgan fingerprint density at radius 3 is 2.80 bits per heavy atom. The largest absolute Gasteiger partial charge is 0.462 e. The number of nitrogens with one attached hydrogen (secondary N) is 2. The molecule has 5 rings (SSSR count). The Labute approximate surface area is 248 Å². The number of ether oxygens (including phenoxy) is 1. The summed E-state index contributed by atoms with van der Waals surface area (Å²) in [4.78, 5) is 40.3. The average molecular weight is 616 g/mol. The number of aryl methyl sites for hydroxylation is 1. The first kappa shape index (κ1) is 28.3. The van der Waals surface area contributed by atoms with Crippen molar-refractivity contribution < 1.29 is 19.1 Å². The van der Waals surface area contributed by atoms with Crippen molar-refractivity contribution in [1.82, 2.24) is 20.1 Å². The fraction of sp³-hybridized carbons (Fsp3) is 0.296. The van der Waals surface area contributed by atoms with E-state index in [2.05, 4.69) is 20.8 Å². The molecular formula is C27H26ClN5O4S3. The number of amides is 2. The number of rotatable bonds is 10. The van der Waals surface area contributed by atoms with Crippen LogP contribution in [0.3, 0.4) is 0 Å². The molecule has 4 aromatic rings. The Kier molecular flexibility index (Phi) is 8.89. The summed E-state index contributed by atoms with van der Waals surface area (Å²) in [7, 11) is 0. The normalized spacial score (nSPS) is 13.1. The van der Waals surface area contributed by atoms with E-state index in [-0.39, 0.29) is 25.0 Å². The van der Waals surface area contributed by atoms with Crippen LogP contribution in [-0.4, -0.2) is 44.4 Å². The Morgan fingerprint density at radius 2 is 2.05 bits per heavy atom. The van der Waals surface area contributed by atoms with Crippen LogP contribution in [0.15, 0.2) is 46.9 Å². The van der Waals surface area contributed by atoms with E-state index in [1.165, 1.54) is 34.4 Å². The molecule has 0 saturated heterocycles. The molecule has 0 fully saturated rings. The second kappa shape index (κ2) is 12.5. The number of nitrogens with zero attached hydrogens (tertiary/aromatic N) is 3. The van der Waals surface area contributed by atoms with Gasteiger partial charge in [-0.15, -0.1) is 32.9 Å². The summed E-state index contributed by atoms with van der Waals surface area (Å²) in [6, 6.07) is 10.8. The lowest BCUT2D eigenvalue weighted by atomic mass is 10.1. The number of carbonyl (C=O) groups is 3. The zero-order valence-electron chi connectivity index (χ0n) is 21.7. The van der Waals surface area contributed by atoms with Crippen LogP contribution >= 0.6 is 46.0 Å². The van der Waals surface area contributed by atoms with Crippen molar-refractivity contribution in [2.75, 3.05) is 11.9 Å². The number of carbonyl (C=O) groups excluding carboxylic acids is 3. The zero-order valence-corrected chi connectivity index (χ0v) is 24.9. The Bertz CT molecular complexity index is 1550. The first-order chi connectivity index (χ1) is 19.4. The van der Waals surface area contributed by atoms with Crippen molar-refractivity contribution in [3.05, 3.63) is 73.5 Å². The van der Waals surface area contributed by atoms with E-state index in [4.69, 9.17) is 16.3 Å². The molecule has 9 nitrogen and oxygen atoms in total. The predicted octanol–water partition coefficient (Wildman–Crippen LogP) is 5.76. The van der Waals surface area contributed by atoms with Gasteiger partial charge in [0.2, 0.25) is 5.91 Å². The molecule has 0 aliphatic heterocycles. The molecule has 3 aromatic heterocycles. The summed E-state index contributed by atoms with van der Waals surface area (Å²) in [6.07, 6.45) is 2.68. The third-order valence-corrected chi connectivity index (χ3v) is 9.56. The summed E-state index contributed by atoms with van der Waals surface area (Å²) in [5, 5.41) is 17.2. The van der Waals surface area contributed by atoms with Crippen molar-refractivity contribution in [2.45, 2.75) is 50.1 Å². The van der Waals surface area contributed by atoms with Gasteiger partial charge in [-0.25, -0.2) is 4.79 Å². The summed E-state index contributed by atoms with van der Waals surface area (Å²) >= 11 is 10.3. The van der Waals surface area contributed by atoms with Gasteiger partial charge >= 0.3 is 5.97 Å². The molecule has 0 saturated carbocycles. The molecule has 1 aliphatic rings. The quantitative estimate of drug-likeness (QED) is 0.172. The second-order valence-corrected chi connectivity index (χ2v) is 12.7. The molecule has 40 heavy (non-hydrogen) atoms. The van der Waals surface area contributed by atoms with Gasteiger partial charge in [0.1, 0.15) is 5.00 Å². The molecule has 2 amide bonds. The van der Waals surface area contributed by atoms with Crippen molar-refractivity contribution >= 4 is 68.8 Å². The molecule has 1 aromatic carbocycles. The van der Waals surface area contributed by atoms with Crippen LogP contribution in [0.1, 0.15) is 56.6 Å². The third kappa shape index (κ3) is 6.09. The van der Waals surface area contributed by atoms with E-state index < -0.39 is 11.2 Å². The Morgan fingerprint density at radius 1 is 1.20 bits per heavy atom. The first-order valence-electron chi connectivity index (χ1n) is 12.7. The maximum Gasteiger partial charge on any atom is 0.341 e. The monoisotopic (exact) mass is 615 g/mol. The fourth-order valence-corrected chi connectivity index (χ4v) is 7.35. The van der Waals surface area contributed by atoms with E-state index in [0.29, 0.717) is 37.1 Å². The molecule has 13 heteroatoms. The molecule has 2 N–H and O–H groups in total. The molecule has 208 valence electrons. The molecule has 0 radical (unpaired) electrons. The van der Waals surface area contributed by atoms with E-state index in [1.54, 1.807) is 36.6 Å². The Balaban J connectivity index is 1.36. The maximum atomic E-state index is 13.3. The highest BCUT2D eigenvalue weighted by Crippen LogP contribution is 2.40. The van der Waals surface area contributed by atoms with Gasteiger partial charge in [0.25, 0.3) is 5.91 Å². The van der Waals surface area contributed by atoms with Gasteiger partial charge in [0.15, 0.2) is 11.0 Å². The minimum Gasteiger partial charge on any atom is -0.462 e. The van der Waals surface area contributed by atoms with Gasteiger partial charge < -0.3 is 15.4 Å². The van der Waals surface area contributed by atoms with E-state index in [9.17, 15) is 14.4 Å². The fourth-order valence-electron chi connectivity index (χ4n) is 4.36. The summed E-state index contributed by atoms with van der Waals surface area (Å²) in [6.45, 7) is 3.92. The van der Waals surface area contributed by atoms with E-state index >= 15 is 0 Å². The lowest BCUT2D eigenvalue weighted by Crippen LogP contribution is -2.25. The van der Waals surface area contributed by atoms with Gasteiger partial charge in [-0.2, -0.15) is 0 Å². The van der Waals surface area contributed by atoms with Crippen LogP contribution in [-0.2, 0) is 28.9 Å². The van der Waals surface area contributed by atoms with Crippen molar-refractivity contribution in [3.8, 4) is 5.69 Å². The molecule has 0 unspecified atom stereocenters. The van der Waals surface area contributed by atoms with Crippen LogP contribution in [0, 0.1) is 0 Å². The van der Waals surface area contributed by atoms with Crippen molar-refractivity contribution in [1.29, 1.82) is 0 Å². The van der Waals surface area contributed by atoms with Crippen LogP contribution in [0.4, 0.5) is 5.00 Å². The summed E-state index contributed by atoms with van der Waals surface area (Å²) in [5.74, 6) is -0.407. The van der Waals surface area contributed by atoms with E-state index in [1.807, 2.05) is 23.6 Å². The second-order valence-electron chi connectivity index (χ2n) is 8.91. The van der Waals surface area contributed by atoms with Gasteiger partial charge in [0.05, 0.1) is 34.5 Å². The Hall–Kier alpha value is -3.19. The summed E-state index contributed by atoms with van der Waals surface area (Å²) < 4.78 is 7.06. The van der Waals surface area contributed by atoms with Crippen LogP contribution in [0.2, 0.25) is 5.02 Å². The number of fused-ring (bicyclic) bond motifs is 1. The molecule has 0 spiro atoms. The number of esters is 1. The smallest absolute Gasteiger partial charge is 0.341 e. The number of thiophene rings is 2. The number of thioether (sulfide) groups is 1. The highest BCUT2D eigenvalue weighted by Gasteiger charge is 2.30. The first-order valence-corrected chi connectivity index (χ1v) is 15.6. The highest BCUT2D eigenvalue weighted by molar-refractivity contribution is 8.00. The lowest BCUT2D eigenvalue weighted by molar-refractivity contribution is -0.115. The number of hydrogen-bond acceptors (Lipinski definition) is 9. The molecule has 3 heterocycles. The summed E-state index contributed by atoms with van der Waals surface area (Å²) in [5.41, 5.74) is 2.15. The van der Waals surface area contributed by atoms with E-state index in [0.717, 1.165) is 29.7 Å². The predicted molar refractivity (Wildman–Crippen MR) is 158 cm³/mol. The number of benzene rings is 1. The van der Waals surface area contributed by atoms with Crippen LogP contribution in [0.25, 0.3) is 5.69 Å². The topological polar surface area (TPSA) is 115 Å². The van der Waals surface area contributed by atoms with Crippen LogP contribution in [0.5, 0.6) is 0 Å².